The molecule has 1 aromatic heterocycles. The first kappa shape index (κ1) is 18.1. The smallest absolute Gasteiger partial charge is 0.392 e. The maximum atomic E-state index is 12.5. The van der Waals surface area contributed by atoms with E-state index < -0.39 is 29.3 Å². The van der Waals surface area contributed by atoms with E-state index in [1.807, 2.05) is 13.8 Å². The van der Waals surface area contributed by atoms with Crippen LogP contribution in [0.3, 0.4) is 0 Å². The molecule has 128 valence electrons. The van der Waals surface area contributed by atoms with Gasteiger partial charge in [-0.2, -0.15) is 13.2 Å². The van der Waals surface area contributed by atoms with E-state index in [4.69, 9.17) is 0 Å². The van der Waals surface area contributed by atoms with Crippen LogP contribution in [0.25, 0.3) is 0 Å². The summed E-state index contributed by atoms with van der Waals surface area (Å²) in [5, 5.41) is 12.5. The van der Waals surface area contributed by atoms with Crippen molar-refractivity contribution in [2.75, 3.05) is 6.54 Å². The molecule has 0 saturated heterocycles. The summed E-state index contributed by atoms with van der Waals surface area (Å²) in [6.07, 6.45) is 2.27. The number of aliphatic hydroxyl groups excluding tert-OH is 1. The van der Waals surface area contributed by atoms with Crippen molar-refractivity contribution in [1.29, 1.82) is 0 Å². The Bertz CT molecular complexity index is 574. The van der Waals surface area contributed by atoms with Gasteiger partial charge in [-0.15, -0.1) is 0 Å². The molecule has 2 N–H and O–H groups in total. The van der Waals surface area contributed by atoms with Gasteiger partial charge in [0.2, 0.25) is 0 Å². The predicted octanol–water partition coefficient (Wildman–Crippen LogP) is 3.22. The van der Waals surface area contributed by atoms with Crippen LogP contribution >= 0.6 is 11.8 Å². The van der Waals surface area contributed by atoms with Crippen LogP contribution in [-0.2, 0) is 0 Å². The van der Waals surface area contributed by atoms with Crippen LogP contribution in [0.2, 0.25) is 0 Å². The van der Waals surface area contributed by atoms with Gasteiger partial charge in [-0.25, -0.2) is 4.98 Å². The Labute approximate surface area is 136 Å². The van der Waals surface area contributed by atoms with E-state index in [1.54, 1.807) is 0 Å². The number of nitrogens with zero attached hydrogens (tertiary/aromatic N) is 1. The first-order valence-corrected chi connectivity index (χ1v) is 8.13. The third kappa shape index (κ3) is 4.60. The average Bonchev–Trinajstić information content (AvgIpc) is 3.24. The van der Waals surface area contributed by atoms with Crippen molar-refractivity contribution in [3.05, 3.63) is 23.9 Å². The molecule has 2 rings (SSSR count). The number of carbonyl (C=O) groups excluding carboxylic acids is 1. The Morgan fingerprint density at radius 2 is 2.13 bits per heavy atom. The molecule has 4 nitrogen and oxygen atoms in total. The second kappa shape index (κ2) is 6.68. The largest absolute Gasteiger partial charge is 0.447 e. The Balaban J connectivity index is 2.05. The minimum Gasteiger partial charge on any atom is -0.392 e. The van der Waals surface area contributed by atoms with E-state index in [-0.39, 0.29) is 28.5 Å². The first-order valence-electron chi connectivity index (χ1n) is 7.32. The van der Waals surface area contributed by atoms with Gasteiger partial charge in [0.1, 0.15) is 5.03 Å². The summed E-state index contributed by atoms with van der Waals surface area (Å²) in [6.45, 7) is 4.04. The van der Waals surface area contributed by atoms with E-state index in [0.29, 0.717) is 0 Å². The summed E-state index contributed by atoms with van der Waals surface area (Å²) in [6, 6.07) is 2.74. The van der Waals surface area contributed by atoms with Gasteiger partial charge >= 0.3 is 5.51 Å². The van der Waals surface area contributed by atoms with Crippen LogP contribution in [0.4, 0.5) is 13.2 Å². The molecule has 1 atom stereocenters. The Kier molecular flexibility index (Phi) is 5.25. The Hall–Kier alpha value is -1.28. The molecule has 1 aliphatic rings. The number of alkyl halides is 3. The summed E-state index contributed by atoms with van der Waals surface area (Å²) in [7, 11) is 0. The van der Waals surface area contributed by atoms with Crippen LogP contribution in [-0.4, -0.2) is 34.2 Å². The maximum absolute atomic E-state index is 12.5. The van der Waals surface area contributed by atoms with Gasteiger partial charge < -0.3 is 10.4 Å². The second-order valence-corrected chi connectivity index (χ2v) is 7.19. The molecule has 0 spiro atoms. The lowest BCUT2D eigenvalue weighted by Gasteiger charge is -2.25. The first-order chi connectivity index (χ1) is 10.6. The number of rotatable bonds is 6. The number of thioether (sulfide) groups is 1. The highest BCUT2D eigenvalue weighted by Crippen LogP contribution is 2.50. The topological polar surface area (TPSA) is 62.2 Å². The van der Waals surface area contributed by atoms with Crippen molar-refractivity contribution in [2.24, 2.45) is 11.3 Å². The van der Waals surface area contributed by atoms with E-state index in [1.165, 1.54) is 18.3 Å². The van der Waals surface area contributed by atoms with Crippen molar-refractivity contribution >= 4 is 17.7 Å². The van der Waals surface area contributed by atoms with E-state index >= 15 is 0 Å². The van der Waals surface area contributed by atoms with E-state index in [9.17, 15) is 23.1 Å². The van der Waals surface area contributed by atoms with Gasteiger partial charge in [0.05, 0.1) is 11.7 Å². The van der Waals surface area contributed by atoms with Gasteiger partial charge in [-0.3, -0.25) is 4.79 Å². The number of carbonyl (C=O) groups is 1. The molecule has 1 unspecified atom stereocenters. The molecule has 1 saturated carbocycles. The van der Waals surface area contributed by atoms with Crippen molar-refractivity contribution in [3.8, 4) is 0 Å². The summed E-state index contributed by atoms with van der Waals surface area (Å²) in [5.74, 6) is -0.545. The molecule has 1 fully saturated rings. The third-order valence-electron chi connectivity index (χ3n) is 3.98. The second-order valence-electron chi connectivity index (χ2n) is 6.14. The van der Waals surface area contributed by atoms with Crippen LogP contribution in [0.5, 0.6) is 0 Å². The fourth-order valence-electron chi connectivity index (χ4n) is 2.55. The number of hydrogen-bond acceptors (Lipinski definition) is 4. The number of halogens is 3. The van der Waals surface area contributed by atoms with Crippen LogP contribution in [0.15, 0.2) is 23.4 Å². The summed E-state index contributed by atoms with van der Waals surface area (Å²) in [5.41, 5.74) is -4.97. The predicted molar refractivity (Wildman–Crippen MR) is 81.0 cm³/mol. The van der Waals surface area contributed by atoms with Crippen LogP contribution < -0.4 is 5.32 Å². The number of nitrogens with one attached hydrogen (secondary N) is 1. The van der Waals surface area contributed by atoms with Gasteiger partial charge in [-0.1, -0.05) is 13.8 Å². The van der Waals surface area contributed by atoms with Crippen molar-refractivity contribution in [2.45, 2.75) is 43.3 Å². The highest BCUT2D eigenvalue weighted by atomic mass is 32.2. The fraction of sp³-hybridized carbons (Fsp3) is 0.600. The summed E-state index contributed by atoms with van der Waals surface area (Å²) in [4.78, 5) is 15.8. The highest BCUT2D eigenvalue weighted by Gasteiger charge is 2.49. The number of hydrogen-bond donors (Lipinski definition) is 2. The highest BCUT2D eigenvalue weighted by molar-refractivity contribution is 8.00. The molecular weight excluding hydrogens is 329 g/mol. The van der Waals surface area contributed by atoms with Gasteiger partial charge in [0, 0.05) is 29.9 Å². The average molecular weight is 348 g/mol. The number of aromatic nitrogens is 1. The lowest BCUT2D eigenvalue weighted by atomic mass is 9.90. The zero-order valence-electron chi connectivity index (χ0n) is 12.9. The molecule has 1 amide bonds. The zero-order chi connectivity index (χ0) is 17.3. The number of aliphatic hydroxyl groups is 1. The zero-order valence-corrected chi connectivity index (χ0v) is 13.7. The third-order valence-corrected chi connectivity index (χ3v) is 4.73. The summed E-state index contributed by atoms with van der Waals surface area (Å²) < 4.78 is 37.6. The molecule has 0 aromatic carbocycles. The molecule has 23 heavy (non-hydrogen) atoms. The maximum Gasteiger partial charge on any atom is 0.447 e. The quantitative estimate of drug-likeness (QED) is 0.775. The molecule has 0 bridgehead atoms. The molecular formula is C15H19F3N2O2S. The van der Waals surface area contributed by atoms with Gasteiger partial charge in [0.15, 0.2) is 0 Å². The number of pyridine rings is 1. The van der Waals surface area contributed by atoms with Gasteiger partial charge in [0.25, 0.3) is 5.91 Å². The van der Waals surface area contributed by atoms with Crippen LogP contribution in [0, 0.1) is 11.3 Å². The molecule has 1 aliphatic carbocycles. The lowest BCUT2D eigenvalue weighted by molar-refractivity contribution is -0.0329. The SMILES string of the molecule is CC(C)C(O)C1(CNC(=O)c2cccnc2SC(F)(F)F)CC1. The normalized spacial score (nSPS) is 17.9. The molecule has 0 aliphatic heterocycles. The minimum atomic E-state index is -4.51. The molecule has 1 heterocycles. The van der Waals surface area contributed by atoms with Crippen molar-refractivity contribution in [3.63, 3.8) is 0 Å². The lowest BCUT2D eigenvalue weighted by Crippen LogP contribution is -2.39. The van der Waals surface area contributed by atoms with Gasteiger partial charge in [-0.05, 0) is 30.9 Å². The fourth-order valence-corrected chi connectivity index (χ4v) is 3.15. The number of amides is 1. The Morgan fingerprint density at radius 1 is 1.48 bits per heavy atom. The minimum absolute atomic E-state index is 0.0594. The monoisotopic (exact) mass is 348 g/mol. The Morgan fingerprint density at radius 3 is 2.65 bits per heavy atom. The van der Waals surface area contributed by atoms with E-state index in [0.717, 1.165) is 12.8 Å². The van der Waals surface area contributed by atoms with Crippen LogP contribution in [0.1, 0.15) is 37.0 Å². The summed E-state index contributed by atoms with van der Waals surface area (Å²) >= 11 is -0.405. The molecule has 1 aromatic rings. The van der Waals surface area contributed by atoms with E-state index in [2.05, 4.69) is 10.3 Å². The standard InChI is InChI=1S/C15H19F3N2O2S/c1-9(2)11(21)14(5-6-14)8-20-12(22)10-4-3-7-19-13(10)23-15(16,17)18/h3-4,7,9,11,21H,5-6,8H2,1-2H3,(H,20,22). The molecule has 0 radical (unpaired) electrons. The van der Waals surface area contributed by atoms with Crippen molar-refractivity contribution < 1.29 is 23.1 Å². The molecule has 8 heteroatoms. The van der Waals surface area contributed by atoms with Crippen molar-refractivity contribution in [1.82, 2.24) is 10.3 Å².